The van der Waals surface area contributed by atoms with Crippen LogP contribution in [0.15, 0.2) is 65.8 Å². The molecular weight excluding hydrogens is 362 g/mol. The van der Waals surface area contributed by atoms with Crippen molar-refractivity contribution in [1.82, 2.24) is 19.5 Å². The van der Waals surface area contributed by atoms with E-state index in [1.54, 1.807) is 18.2 Å². The van der Waals surface area contributed by atoms with Crippen LogP contribution in [0.3, 0.4) is 0 Å². The van der Waals surface area contributed by atoms with Gasteiger partial charge in [0.15, 0.2) is 5.82 Å². The molecule has 0 aliphatic rings. The van der Waals surface area contributed by atoms with Gasteiger partial charge in [0, 0.05) is 30.5 Å². The molecule has 3 aromatic rings. The number of benzene rings is 1. The number of anilines is 1. The Morgan fingerprint density at radius 3 is 2.48 bits per heavy atom. The maximum atomic E-state index is 12.1. The highest BCUT2D eigenvalue weighted by Crippen LogP contribution is 2.15. The van der Waals surface area contributed by atoms with E-state index in [2.05, 4.69) is 20.2 Å². The van der Waals surface area contributed by atoms with Gasteiger partial charge in [-0.1, -0.05) is 17.7 Å². The van der Waals surface area contributed by atoms with Crippen molar-refractivity contribution in [2.75, 3.05) is 18.4 Å². The van der Waals surface area contributed by atoms with Crippen molar-refractivity contribution in [1.29, 1.82) is 0 Å². The van der Waals surface area contributed by atoms with Crippen LogP contribution < -0.4 is 10.0 Å². The lowest BCUT2D eigenvalue weighted by atomic mass is 10.4. The Bertz CT molecular complexity index is 927. The molecular formula is C16H16ClN5O2S. The molecule has 0 bridgehead atoms. The average Bonchev–Trinajstić information content (AvgIpc) is 3.14. The summed E-state index contributed by atoms with van der Waals surface area (Å²) in [6, 6.07) is 13.5. The van der Waals surface area contributed by atoms with Gasteiger partial charge in [-0.25, -0.2) is 13.1 Å². The second kappa shape index (κ2) is 7.64. The molecule has 0 atom stereocenters. The highest BCUT2D eigenvalue weighted by molar-refractivity contribution is 7.89. The topological polar surface area (TPSA) is 88.9 Å². The lowest BCUT2D eigenvalue weighted by Gasteiger charge is -2.09. The summed E-state index contributed by atoms with van der Waals surface area (Å²) in [6.07, 6.45) is 3.75. The lowest BCUT2D eigenvalue weighted by molar-refractivity contribution is 0.583. The number of sulfonamides is 1. The minimum Gasteiger partial charge on any atom is -0.367 e. The summed E-state index contributed by atoms with van der Waals surface area (Å²) in [6.45, 7) is 0.577. The fourth-order valence-corrected chi connectivity index (χ4v) is 3.47. The molecule has 2 N–H and O–H groups in total. The van der Waals surface area contributed by atoms with Crippen molar-refractivity contribution < 1.29 is 8.42 Å². The first kappa shape index (κ1) is 17.4. The standard InChI is InChI=1S/C16H16ClN5O2S/c17-13-4-3-5-14(12-13)25(23,24)19-9-8-18-15-6-7-16(21-20-15)22-10-1-2-11-22/h1-7,10-12,19H,8-9H2,(H,18,20). The predicted molar refractivity (Wildman–Crippen MR) is 96.5 cm³/mol. The van der Waals surface area contributed by atoms with Gasteiger partial charge in [0.2, 0.25) is 10.0 Å². The van der Waals surface area contributed by atoms with Crippen LogP contribution in [0.2, 0.25) is 5.02 Å². The van der Waals surface area contributed by atoms with E-state index < -0.39 is 10.0 Å². The van der Waals surface area contributed by atoms with Gasteiger partial charge >= 0.3 is 0 Å². The Balaban J connectivity index is 1.51. The fraction of sp³-hybridized carbons (Fsp3) is 0.125. The summed E-state index contributed by atoms with van der Waals surface area (Å²) in [4.78, 5) is 0.135. The first-order valence-corrected chi connectivity index (χ1v) is 9.37. The van der Waals surface area contributed by atoms with Crippen LogP contribution in [0.1, 0.15) is 0 Å². The van der Waals surface area contributed by atoms with Gasteiger partial charge < -0.3 is 9.88 Å². The minimum absolute atomic E-state index is 0.135. The number of nitrogens with zero attached hydrogens (tertiary/aromatic N) is 3. The maximum absolute atomic E-state index is 12.1. The first-order valence-electron chi connectivity index (χ1n) is 7.51. The summed E-state index contributed by atoms with van der Waals surface area (Å²) in [5.74, 6) is 1.27. The Labute approximate surface area is 150 Å². The van der Waals surface area contributed by atoms with Gasteiger partial charge in [0.25, 0.3) is 0 Å². The molecule has 0 spiro atoms. The Morgan fingerprint density at radius 2 is 1.80 bits per heavy atom. The zero-order valence-electron chi connectivity index (χ0n) is 13.1. The zero-order chi connectivity index (χ0) is 17.7. The highest BCUT2D eigenvalue weighted by Gasteiger charge is 2.13. The molecule has 0 fully saturated rings. The molecule has 3 rings (SSSR count). The summed E-state index contributed by atoms with van der Waals surface area (Å²) >= 11 is 5.82. The average molecular weight is 378 g/mol. The van der Waals surface area contributed by atoms with Crippen molar-refractivity contribution in [3.63, 3.8) is 0 Å². The third-order valence-electron chi connectivity index (χ3n) is 3.35. The Kier molecular flexibility index (Phi) is 5.32. The smallest absolute Gasteiger partial charge is 0.240 e. The van der Waals surface area contributed by atoms with E-state index in [0.29, 0.717) is 23.2 Å². The van der Waals surface area contributed by atoms with Gasteiger partial charge in [-0.15, -0.1) is 10.2 Å². The second-order valence-electron chi connectivity index (χ2n) is 5.15. The van der Waals surface area contributed by atoms with Crippen molar-refractivity contribution in [2.45, 2.75) is 4.90 Å². The largest absolute Gasteiger partial charge is 0.367 e. The highest BCUT2D eigenvalue weighted by atomic mass is 35.5. The van der Waals surface area contributed by atoms with Gasteiger partial charge in [-0.3, -0.25) is 0 Å². The van der Waals surface area contributed by atoms with Crippen molar-refractivity contribution in [3.8, 4) is 5.82 Å². The van der Waals surface area contributed by atoms with E-state index in [0.717, 1.165) is 0 Å². The second-order valence-corrected chi connectivity index (χ2v) is 7.35. The molecule has 9 heteroatoms. The van der Waals surface area contributed by atoms with Crippen LogP contribution in [-0.4, -0.2) is 36.3 Å². The molecule has 0 unspecified atom stereocenters. The minimum atomic E-state index is -3.59. The summed E-state index contributed by atoms with van der Waals surface area (Å²) < 4.78 is 28.6. The molecule has 130 valence electrons. The van der Waals surface area contributed by atoms with Crippen LogP contribution >= 0.6 is 11.6 Å². The summed E-state index contributed by atoms with van der Waals surface area (Å²) in [7, 11) is -3.59. The van der Waals surface area contributed by atoms with E-state index in [1.807, 2.05) is 35.2 Å². The van der Waals surface area contributed by atoms with E-state index in [4.69, 9.17) is 11.6 Å². The zero-order valence-corrected chi connectivity index (χ0v) is 14.7. The predicted octanol–water partition coefficient (Wildman–Crippen LogP) is 2.31. The first-order chi connectivity index (χ1) is 12.0. The molecule has 0 saturated heterocycles. The number of hydrogen-bond acceptors (Lipinski definition) is 5. The lowest BCUT2D eigenvalue weighted by Crippen LogP contribution is -2.29. The van der Waals surface area contributed by atoms with Gasteiger partial charge in [0.05, 0.1) is 4.90 Å². The molecule has 0 aliphatic carbocycles. The van der Waals surface area contributed by atoms with Gasteiger partial charge in [-0.05, 0) is 42.5 Å². The van der Waals surface area contributed by atoms with Gasteiger partial charge in [0.1, 0.15) is 5.82 Å². The van der Waals surface area contributed by atoms with Crippen LogP contribution in [0.4, 0.5) is 5.82 Å². The number of rotatable bonds is 7. The molecule has 2 heterocycles. The summed E-state index contributed by atoms with van der Waals surface area (Å²) in [5, 5.41) is 11.6. The van der Waals surface area contributed by atoms with E-state index in [1.165, 1.54) is 12.1 Å². The number of halogens is 1. The van der Waals surface area contributed by atoms with E-state index >= 15 is 0 Å². The molecule has 0 radical (unpaired) electrons. The van der Waals surface area contributed by atoms with Crippen molar-refractivity contribution in [3.05, 3.63) is 65.9 Å². The van der Waals surface area contributed by atoms with Crippen LogP contribution in [0, 0.1) is 0 Å². The molecule has 2 aromatic heterocycles. The van der Waals surface area contributed by atoms with E-state index in [-0.39, 0.29) is 11.4 Å². The van der Waals surface area contributed by atoms with Crippen molar-refractivity contribution in [2.24, 2.45) is 0 Å². The molecule has 0 amide bonds. The quantitative estimate of drug-likeness (QED) is 0.617. The third kappa shape index (κ3) is 4.56. The number of aromatic nitrogens is 3. The Morgan fingerprint density at radius 1 is 1.00 bits per heavy atom. The van der Waals surface area contributed by atoms with Crippen LogP contribution in [0.5, 0.6) is 0 Å². The monoisotopic (exact) mass is 377 g/mol. The normalized spacial score (nSPS) is 11.4. The maximum Gasteiger partial charge on any atom is 0.240 e. The van der Waals surface area contributed by atoms with Gasteiger partial charge in [-0.2, -0.15) is 0 Å². The summed E-state index contributed by atoms with van der Waals surface area (Å²) in [5.41, 5.74) is 0. The molecule has 1 aromatic carbocycles. The number of hydrogen-bond donors (Lipinski definition) is 2. The van der Waals surface area contributed by atoms with Crippen molar-refractivity contribution >= 4 is 27.4 Å². The van der Waals surface area contributed by atoms with Crippen LogP contribution in [0.25, 0.3) is 5.82 Å². The number of nitrogens with one attached hydrogen (secondary N) is 2. The Hall–Kier alpha value is -2.42. The fourth-order valence-electron chi connectivity index (χ4n) is 2.14. The molecule has 0 saturated carbocycles. The third-order valence-corrected chi connectivity index (χ3v) is 5.04. The SMILES string of the molecule is O=S(=O)(NCCNc1ccc(-n2cccc2)nn1)c1cccc(Cl)c1. The molecule has 7 nitrogen and oxygen atoms in total. The molecule has 25 heavy (non-hydrogen) atoms. The van der Waals surface area contributed by atoms with Crippen LogP contribution in [-0.2, 0) is 10.0 Å². The van der Waals surface area contributed by atoms with E-state index in [9.17, 15) is 8.42 Å². The molecule has 0 aliphatic heterocycles.